The number of Topliss-reactive ketones (excluding diaryl/α,β-unsaturated/α-hetero) is 3. The highest BCUT2D eigenvalue weighted by Crippen LogP contribution is 2.49. The summed E-state index contributed by atoms with van der Waals surface area (Å²) in [6.45, 7) is 12.9. The molecule has 5 aliphatic rings. The number of hydrogen-bond donors (Lipinski definition) is 6. The number of allylic oxidation sites excluding steroid dienone is 4. The molecule has 4 aliphatic heterocycles. The standard InChI is InChI=1S/C47H57ClN4O14/c1-22-11-10-12-23(2)46(60)49-36-37(51-18-16-50(17-19-51)31-14-13-29(52(61)62)21-30(31)48)42(58)33-34(41(36)57)40(56)27(6)44-35(33)45(59)47(8,66-44)64-20-15-32(63-9)24(3)43(65-28(7)53)26(5)39(55)25(4)38(22)54/h10-15,20-22,24-26,32,38-39,43,52,54-56,61H,16-19H2,1-9H3,(H,49,60)/b11-10+,20-15+,23-12-/t22-,24+,25+,26-,32-,38-,39-,43+,47-/m0/s1. The molecule has 356 valence electrons. The number of esters is 1. The highest BCUT2D eigenvalue weighted by atomic mass is 35.5. The van der Waals surface area contributed by atoms with Gasteiger partial charge in [0.1, 0.15) is 29.0 Å². The van der Waals surface area contributed by atoms with Gasteiger partial charge in [0.15, 0.2) is 5.69 Å². The van der Waals surface area contributed by atoms with Crippen molar-refractivity contribution in [3.63, 3.8) is 0 Å². The molecule has 7 rings (SSSR count). The van der Waals surface area contributed by atoms with Crippen molar-refractivity contribution in [1.82, 2.24) is 10.2 Å². The number of anilines is 1. The smallest absolute Gasteiger partial charge is 0.312 e. The maximum atomic E-state index is 15.1. The van der Waals surface area contributed by atoms with Crippen LogP contribution in [0.4, 0.5) is 11.4 Å². The van der Waals surface area contributed by atoms with Crippen molar-refractivity contribution in [2.75, 3.05) is 38.2 Å². The molecule has 0 saturated carbocycles. The van der Waals surface area contributed by atoms with Gasteiger partial charge < -0.3 is 54.6 Å². The van der Waals surface area contributed by atoms with Crippen molar-refractivity contribution >= 4 is 52.2 Å². The number of ketones is 3. The SMILES string of the molecule is CO[C@H]1/C=C/O[C@@]2(C)Oc3c(C)c(O)c4c(c3C2=O)C(=O)C(N2CCN(c3ccc([NH+]([O-])O)cc3Cl)CC2)=C(NC(=O)/C(C)=C\C=C\[C@H](C)[C@H](O)[C@@H](C)[C@H](O)[C@H](C)[C@H](OC(C)=O)[C@@H]1C)C4=O. The van der Waals surface area contributed by atoms with Gasteiger partial charge in [-0.15, -0.1) is 0 Å². The van der Waals surface area contributed by atoms with Crippen LogP contribution in [0.25, 0.3) is 0 Å². The monoisotopic (exact) mass is 936 g/mol. The van der Waals surface area contributed by atoms with Crippen LogP contribution in [0.1, 0.15) is 85.1 Å². The minimum atomic E-state index is -2.14. The van der Waals surface area contributed by atoms with Crippen LogP contribution in [-0.4, -0.2) is 118 Å². The number of aliphatic hydroxyl groups excluding tert-OH is 2. The maximum Gasteiger partial charge on any atom is 0.312 e. The summed E-state index contributed by atoms with van der Waals surface area (Å²) in [6, 6.07) is 4.33. The van der Waals surface area contributed by atoms with Crippen LogP contribution in [0, 0.1) is 35.8 Å². The number of quaternary nitrogens is 1. The van der Waals surface area contributed by atoms with Crippen LogP contribution in [-0.2, 0) is 23.8 Å². The molecule has 6 N–H and O–H groups in total. The van der Waals surface area contributed by atoms with E-state index in [1.165, 1.54) is 65.2 Å². The van der Waals surface area contributed by atoms with Gasteiger partial charge in [0.2, 0.25) is 11.6 Å². The van der Waals surface area contributed by atoms with Crippen LogP contribution >= 0.6 is 11.6 Å². The number of nitrogens with one attached hydrogen (secondary N) is 2. The lowest BCUT2D eigenvalue weighted by Gasteiger charge is -2.40. The van der Waals surface area contributed by atoms with Gasteiger partial charge >= 0.3 is 11.8 Å². The minimum absolute atomic E-state index is 0.000742. The van der Waals surface area contributed by atoms with E-state index in [2.05, 4.69) is 5.32 Å². The third kappa shape index (κ3) is 9.36. The molecule has 5 bridgehead atoms. The highest BCUT2D eigenvalue weighted by Gasteiger charge is 2.53. The Kier molecular flexibility index (Phi) is 14.9. The predicted octanol–water partition coefficient (Wildman–Crippen LogP) is 3.84. The molecule has 1 aliphatic carbocycles. The van der Waals surface area contributed by atoms with Crippen molar-refractivity contribution in [3.8, 4) is 11.5 Å². The maximum absolute atomic E-state index is 15.1. The summed E-state index contributed by atoms with van der Waals surface area (Å²) in [5.74, 6) is -9.66. The van der Waals surface area contributed by atoms with E-state index in [0.29, 0.717) is 5.69 Å². The number of nitrogens with zero attached hydrogens (tertiary/aromatic N) is 2. The van der Waals surface area contributed by atoms with Crippen LogP contribution in [0.15, 0.2) is 65.7 Å². The zero-order chi connectivity index (χ0) is 48.7. The molecule has 19 heteroatoms. The van der Waals surface area contributed by atoms with Crippen molar-refractivity contribution in [2.24, 2.45) is 23.7 Å². The fourth-order valence-electron chi connectivity index (χ4n) is 9.04. The average Bonchev–Trinajstić information content (AvgIpc) is 3.54. The summed E-state index contributed by atoms with van der Waals surface area (Å²) in [7, 11) is 1.41. The first-order valence-corrected chi connectivity index (χ1v) is 22.0. The van der Waals surface area contributed by atoms with E-state index in [1.807, 2.05) is 4.90 Å². The third-order valence-corrected chi connectivity index (χ3v) is 13.4. The number of carbonyl (C=O) groups excluding carboxylic acids is 5. The Balaban J connectivity index is 1.46. The van der Waals surface area contributed by atoms with Gasteiger partial charge in [-0.05, 0) is 26.0 Å². The molecule has 18 nitrogen and oxygen atoms in total. The van der Waals surface area contributed by atoms with Gasteiger partial charge in [-0.1, -0.05) is 57.5 Å². The normalized spacial score (nSPS) is 31.1. The number of ether oxygens (including phenoxy) is 4. The van der Waals surface area contributed by atoms with E-state index in [0.717, 1.165) is 6.26 Å². The van der Waals surface area contributed by atoms with Crippen LogP contribution in [0.5, 0.6) is 11.5 Å². The van der Waals surface area contributed by atoms with E-state index in [4.69, 9.17) is 30.5 Å². The number of amides is 1. The second-order valence-corrected chi connectivity index (χ2v) is 17.9. The quantitative estimate of drug-likeness (QED) is 0.184. The second-order valence-electron chi connectivity index (χ2n) is 17.5. The molecule has 0 aromatic heterocycles. The van der Waals surface area contributed by atoms with Crippen molar-refractivity contribution in [1.29, 1.82) is 0 Å². The minimum Gasteiger partial charge on any atom is -0.595 e. The first kappa shape index (κ1) is 49.8. The summed E-state index contributed by atoms with van der Waals surface area (Å²) >= 11 is 6.50. The lowest BCUT2D eigenvalue weighted by Crippen LogP contribution is -2.99. The number of aliphatic hydroxyl groups is 2. The predicted molar refractivity (Wildman–Crippen MR) is 239 cm³/mol. The summed E-state index contributed by atoms with van der Waals surface area (Å²) in [5, 5.41) is 57.3. The number of methoxy groups -OCH3 is 1. The van der Waals surface area contributed by atoms with Gasteiger partial charge in [-0.3, -0.25) is 24.0 Å². The Labute approximate surface area is 387 Å². The van der Waals surface area contributed by atoms with E-state index >= 15 is 4.79 Å². The van der Waals surface area contributed by atoms with Gasteiger partial charge in [0, 0.05) is 94.1 Å². The van der Waals surface area contributed by atoms with E-state index in [1.54, 1.807) is 44.7 Å². The van der Waals surface area contributed by atoms with E-state index in [9.17, 15) is 44.9 Å². The Hall–Kier alpha value is -5.60. The summed E-state index contributed by atoms with van der Waals surface area (Å²) in [4.78, 5) is 74.3. The number of phenols is 1. The number of carbonyl (C=O) groups is 5. The lowest BCUT2D eigenvalue weighted by molar-refractivity contribution is -0.991. The number of fused-ring (bicyclic) bond motifs is 14. The van der Waals surface area contributed by atoms with Gasteiger partial charge in [-0.25, -0.2) is 5.21 Å². The number of halogens is 1. The van der Waals surface area contributed by atoms with Crippen LogP contribution < -0.4 is 20.2 Å². The van der Waals surface area contributed by atoms with Gasteiger partial charge in [0.25, 0.3) is 11.7 Å². The Morgan fingerprint density at radius 1 is 0.939 bits per heavy atom. The third-order valence-electron chi connectivity index (χ3n) is 13.1. The molecule has 1 saturated heterocycles. The summed E-state index contributed by atoms with van der Waals surface area (Å²) < 4.78 is 23.6. The van der Waals surface area contributed by atoms with Crippen LogP contribution in [0.2, 0.25) is 5.02 Å². The van der Waals surface area contributed by atoms with Crippen LogP contribution in [0.3, 0.4) is 0 Å². The zero-order valence-electron chi connectivity index (χ0n) is 38.2. The van der Waals surface area contributed by atoms with Crippen molar-refractivity contribution in [2.45, 2.75) is 85.6 Å². The molecule has 10 atom stereocenters. The number of benzene rings is 2. The highest BCUT2D eigenvalue weighted by molar-refractivity contribution is 6.34. The van der Waals surface area contributed by atoms with Crippen molar-refractivity contribution in [3.05, 3.63) is 98.2 Å². The number of rotatable bonds is 5. The van der Waals surface area contributed by atoms with Crippen molar-refractivity contribution < 1.29 is 68.7 Å². The average molecular weight is 937 g/mol. The molecule has 66 heavy (non-hydrogen) atoms. The molecular formula is C47H57ClN4O14. The molecule has 4 heterocycles. The molecule has 1 amide bonds. The van der Waals surface area contributed by atoms with Gasteiger partial charge in [0.05, 0.1) is 52.0 Å². The Morgan fingerprint density at radius 2 is 1.59 bits per heavy atom. The topological polar surface area (TPSA) is 249 Å². The zero-order valence-corrected chi connectivity index (χ0v) is 39.0. The summed E-state index contributed by atoms with van der Waals surface area (Å²) in [5.41, 5.74) is -1.34. The Morgan fingerprint density at radius 3 is 2.20 bits per heavy atom. The second kappa shape index (κ2) is 19.7. The van der Waals surface area contributed by atoms with Gasteiger partial charge in [-0.2, -0.15) is 5.23 Å². The first-order valence-electron chi connectivity index (χ1n) is 21.6. The number of phenolic OH excluding ortho intramolecular Hbond substituents is 1. The first-order chi connectivity index (χ1) is 31.0. The van der Waals surface area contributed by atoms with E-state index < -0.39 is 111 Å². The van der Waals surface area contributed by atoms with E-state index in [-0.39, 0.29) is 65.0 Å². The molecule has 0 spiro atoms. The molecule has 2 aromatic rings. The molecular weight excluding hydrogens is 880 g/mol. The fraction of sp³-hybridized carbons (Fsp3) is 0.468. The largest absolute Gasteiger partial charge is 0.595 e. The Bertz CT molecular complexity index is 2420. The summed E-state index contributed by atoms with van der Waals surface area (Å²) in [6.07, 6.45) is 3.19. The number of piperazine rings is 1. The lowest BCUT2D eigenvalue weighted by atomic mass is 9.78. The number of hydrogen-bond acceptors (Lipinski definition) is 16. The number of aromatic hydroxyl groups is 1. The molecule has 2 aromatic carbocycles. The fourth-order valence-corrected chi connectivity index (χ4v) is 9.35. The molecule has 1 unspecified atom stereocenters. The molecule has 0 radical (unpaired) electrons. The molecule has 1 fully saturated rings.